The number of fused-ring (bicyclic) bond motifs is 1. The van der Waals surface area contributed by atoms with Gasteiger partial charge < -0.3 is 14.7 Å². The number of anilines is 1. The average Bonchev–Trinajstić information content (AvgIpc) is 3.21. The van der Waals surface area contributed by atoms with Gasteiger partial charge in [0.25, 0.3) is 0 Å². The van der Waals surface area contributed by atoms with E-state index in [0.717, 1.165) is 49.7 Å². The molecule has 3 heterocycles. The predicted octanol–water partition coefficient (Wildman–Crippen LogP) is 3.72. The zero-order valence-electron chi connectivity index (χ0n) is 21.2. The lowest BCUT2D eigenvalue weighted by atomic mass is 9.96. The first kappa shape index (κ1) is 25.4. The summed E-state index contributed by atoms with van der Waals surface area (Å²) in [6, 6.07) is 7.73. The van der Waals surface area contributed by atoms with Crippen LogP contribution in [0.2, 0.25) is 5.02 Å². The Morgan fingerprint density at radius 2 is 1.69 bits per heavy atom. The smallest absolute Gasteiger partial charge is 0.231 e. The Kier molecular flexibility index (Phi) is 7.74. The highest BCUT2D eigenvalue weighted by Crippen LogP contribution is 2.44. The zero-order chi connectivity index (χ0) is 25.2. The number of nitrogens with zero attached hydrogens (tertiary/aromatic N) is 6. The van der Waals surface area contributed by atoms with Crippen LogP contribution in [0.25, 0.3) is 0 Å². The number of hydrogen-bond acceptors (Lipinski definition) is 6. The third-order valence-corrected chi connectivity index (χ3v) is 8.31. The maximum absolute atomic E-state index is 14.4. The summed E-state index contributed by atoms with van der Waals surface area (Å²) in [4.78, 5) is 31.7. The highest BCUT2D eigenvalue weighted by Gasteiger charge is 2.36. The third-order valence-electron chi connectivity index (χ3n) is 8.06. The molecule has 1 amide bonds. The Hall–Kier alpha value is -2.29. The van der Waals surface area contributed by atoms with Gasteiger partial charge >= 0.3 is 0 Å². The van der Waals surface area contributed by atoms with Gasteiger partial charge in [-0.15, -0.1) is 0 Å². The molecule has 3 aliphatic rings. The van der Waals surface area contributed by atoms with Crippen molar-refractivity contribution in [3.8, 4) is 0 Å². The standard InChI is InChI=1S/C27H36ClFN6O/c1-3-32-8-10-33(11-9-32)17-22(20-4-6-21(28)7-5-20)27(36)35-14-12-34(13-15-35)26-24-19(2)16-23(29)25(24)30-18-31-26/h4-7,18-19,22-23H,3,8-17H2,1-2H3/t19-,22-,23-/m1/s1. The Labute approximate surface area is 218 Å². The maximum atomic E-state index is 14.4. The number of halogens is 2. The highest BCUT2D eigenvalue weighted by molar-refractivity contribution is 6.30. The SMILES string of the molecule is CCN1CCN(C[C@@H](C(=O)N2CCN(c3ncnc4c3[C@H](C)C[C@H]4F)CC2)c2ccc(Cl)cc2)CC1. The van der Waals surface area contributed by atoms with Gasteiger partial charge in [-0.25, -0.2) is 14.4 Å². The summed E-state index contributed by atoms with van der Waals surface area (Å²) in [6.45, 7) is 12.7. The van der Waals surface area contributed by atoms with Crippen molar-refractivity contribution in [2.75, 3.05) is 70.3 Å². The molecule has 5 rings (SSSR count). The summed E-state index contributed by atoms with van der Waals surface area (Å²) >= 11 is 6.15. The average molecular weight is 515 g/mol. The van der Waals surface area contributed by atoms with Crippen LogP contribution in [-0.2, 0) is 4.79 Å². The van der Waals surface area contributed by atoms with Gasteiger partial charge in [-0.05, 0) is 36.6 Å². The Morgan fingerprint density at radius 3 is 2.36 bits per heavy atom. The number of benzene rings is 1. The van der Waals surface area contributed by atoms with E-state index in [0.29, 0.717) is 49.9 Å². The van der Waals surface area contributed by atoms with E-state index in [-0.39, 0.29) is 17.7 Å². The Morgan fingerprint density at radius 1 is 1.03 bits per heavy atom. The number of rotatable bonds is 6. The lowest BCUT2D eigenvalue weighted by Crippen LogP contribution is -2.53. The molecule has 2 fully saturated rings. The molecular formula is C27H36ClFN6O. The van der Waals surface area contributed by atoms with Gasteiger partial charge in [0.05, 0.1) is 11.6 Å². The lowest BCUT2D eigenvalue weighted by molar-refractivity contribution is -0.133. The predicted molar refractivity (Wildman–Crippen MR) is 140 cm³/mol. The van der Waals surface area contributed by atoms with Crippen LogP contribution in [0.5, 0.6) is 0 Å². The summed E-state index contributed by atoms with van der Waals surface area (Å²) in [5.41, 5.74) is 2.49. The molecule has 0 unspecified atom stereocenters. The summed E-state index contributed by atoms with van der Waals surface area (Å²) in [6.07, 6.45) is 0.930. The fraction of sp³-hybridized carbons (Fsp3) is 0.593. The molecule has 0 radical (unpaired) electrons. The molecule has 1 aromatic carbocycles. The fourth-order valence-corrected chi connectivity index (χ4v) is 5.97. The second-order valence-electron chi connectivity index (χ2n) is 10.3. The second-order valence-corrected chi connectivity index (χ2v) is 10.7. The summed E-state index contributed by atoms with van der Waals surface area (Å²) in [5.74, 6) is 0.883. The van der Waals surface area contributed by atoms with E-state index in [2.05, 4.69) is 31.6 Å². The number of likely N-dealkylation sites (N-methyl/N-ethyl adjacent to an activating group) is 1. The van der Waals surface area contributed by atoms with Crippen molar-refractivity contribution in [1.29, 1.82) is 0 Å². The van der Waals surface area contributed by atoms with Crippen LogP contribution in [-0.4, -0.2) is 96.0 Å². The highest BCUT2D eigenvalue weighted by atomic mass is 35.5. The number of carbonyl (C=O) groups excluding carboxylic acids is 1. The molecule has 2 saturated heterocycles. The first-order valence-electron chi connectivity index (χ1n) is 13.2. The molecular weight excluding hydrogens is 479 g/mol. The van der Waals surface area contributed by atoms with Gasteiger partial charge in [0, 0.05) is 69.5 Å². The number of alkyl halides is 1. The molecule has 7 nitrogen and oxygen atoms in total. The van der Waals surface area contributed by atoms with E-state index >= 15 is 0 Å². The molecule has 9 heteroatoms. The lowest BCUT2D eigenvalue weighted by Gasteiger charge is -2.40. The first-order valence-corrected chi connectivity index (χ1v) is 13.5. The molecule has 0 bridgehead atoms. The zero-order valence-corrected chi connectivity index (χ0v) is 22.0. The van der Waals surface area contributed by atoms with Gasteiger partial charge in [0.1, 0.15) is 18.3 Å². The largest absolute Gasteiger partial charge is 0.353 e. The molecule has 1 aromatic heterocycles. The fourth-order valence-electron chi connectivity index (χ4n) is 5.84. The Bertz CT molecular complexity index is 1050. The molecule has 3 atom stereocenters. The molecule has 0 N–H and O–H groups in total. The minimum Gasteiger partial charge on any atom is -0.353 e. The van der Waals surface area contributed by atoms with Gasteiger partial charge in [-0.3, -0.25) is 9.69 Å². The van der Waals surface area contributed by atoms with Gasteiger partial charge in [-0.1, -0.05) is 37.6 Å². The molecule has 0 saturated carbocycles. The van der Waals surface area contributed by atoms with Crippen molar-refractivity contribution in [3.63, 3.8) is 0 Å². The van der Waals surface area contributed by atoms with Crippen LogP contribution in [0.4, 0.5) is 10.2 Å². The van der Waals surface area contributed by atoms with Crippen molar-refractivity contribution in [3.05, 3.63) is 52.4 Å². The van der Waals surface area contributed by atoms with E-state index in [4.69, 9.17) is 11.6 Å². The molecule has 194 valence electrons. The van der Waals surface area contributed by atoms with Gasteiger partial charge in [0.2, 0.25) is 5.91 Å². The van der Waals surface area contributed by atoms with Crippen molar-refractivity contribution in [1.82, 2.24) is 24.7 Å². The maximum Gasteiger partial charge on any atom is 0.231 e. The van der Waals surface area contributed by atoms with Crippen LogP contribution >= 0.6 is 11.6 Å². The number of hydrogen-bond donors (Lipinski definition) is 0. The van der Waals surface area contributed by atoms with Crippen molar-refractivity contribution in [2.24, 2.45) is 0 Å². The topological polar surface area (TPSA) is 55.8 Å². The van der Waals surface area contributed by atoms with E-state index < -0.39 is 6.17 Å². The third kappa shape index (κ3) is 5.22. The first-order chi connectivity index (χ1) is 17.4. The molecule has 0 spiro atoms. The second kappa shape index (κ2) is 11.0. The van der Waals surface area contributed by atoms with Gasteiger partial charge in [-0.2, -0.15) is 0 Å². The van der Waals surface area contributed by atoms with E-state index in [1.807, 2.05) is 36.1 Å². The van der Waals surface area contributed by atoms with Crippen LogP contribution in [0, 0.1) is 0 Å². The number of aromatic nitrogens is 2. The quantitative estimate of drug-likeness (QED) is 0.585. The monoisotopic (exact) mass is 514 g/mol. The molecule has 2 aliphatic heterocycles. The minimum absolute atomic E-state index is 0.105. The summed E-state index contributed by atoms with van der Waals surface area (Å²) in [7, 11) is 0. The van der Waals surface area contributed by atoms with Crippen LogP contribution in [0.1, 0.15) is 55.1 Å². The van der Waals surface area contributed by atoms with Crippen LogP contribution in [0.3, 0.4) is 0 Å². The van der Waals surface area contributed by atoms with Crippen molar-refractivity contribution < 1.29 is 9.18 Å². The number of amides is 1. The van der Waals surface area contributed by atoms with Crippen LogP contribution in [0.15, 0.2) is 30.6 Å². The molecule has 2 aromatic rings. The van der Waals surface area contributed by atoms with Gasteiger partial charge in [0.15, 0.2) is 0 Å². The van der Waals surface area contributed by atoms with Crippen molar-refractivity contribution >= 4 is 23.3 Å². The van der Waals surface area contributed by atoms with Crippen molar-refractivity contribution in [2.45, 2.75) is 38.3 Å². The summed E-state index contributed by atoms with van der Waals surface area (Å²) in [5, 5.41) is 0.678. The normalized spacial score (nSPS) is 24.1. The van der Waals surface area contributed by atoms with E-state index in [1.54, 1.807) is 0 Å². The number of carbonyl (C=O) groups is 1. The Balaban J connectivity index is 1.28. The van der Waals surface area contributed by atoms with Crippen LogP contribution < -0.4 is 4.90 Å². The number of piperazine rings is 2. The molecule has 1 aliphatic carbocycles. The minimum atomic E-state index is -1.01. The van der Waals surface area contributed by atoms with E-state index in [1.165, 1.54) is 6.33 Å². The summed E-state index contributed by atoms with van der Waals surface area (Å²) < 4.78 is 14.4. The molecule has 36 heavy (non-hydrogen) atoms. The van der Waals surface area contributed by atoms with E-state index in [9.17, 15) is 9.18 Å².